The van der Waals surface area contributed by atoms with Gasteiger partial charge >= 0.3 is 0 Å². The summed E-state index contributed by atoms with van der Waals surface area (Å²) in [4.78, 5) is 18.8. The van der Waals surface area contributed by atoms with Crippen LogP contribution in [0.15, 0.2) is 47.5 Å². The average Bonchev–Trinajstić information content (AvgIpc) is 2.76. The van der Waals surface area contributed by atoms with Crippen molar-refractivity contribution in [3.8, 4) is 0 Å². The molecule has 7 heteroatoms. The summed E-state index contributed by atoms with van der Waals surface area (Å²) < 4.78 is 27.0. The van der Waals surface area contributed by atoms with Gasteiger partial charge in [-0.1, -0.05) is 24.3 Å². The van der Waals surface area contributed by atoms with Crippen LogP contribution in [0.4, 0.5) is 8.78 Å². The predicted molar refractivity (Wildman–Crippen MR) is 114 cm³/mol. The predicted octanol–water partition coefficient (Wildman–Crippen LogP) is 3.39. The van der Waals surface area contributed by atoms with Crippen LogP contribution in [-0.2, 0) is 24.3 Å². The standard InChI is InChI=1S/C23H28F2N4O/c1-2-26-23(28-15-19-14-20(24)9-10-21(19)25)27-12-5-8-22(30)29-13-11-17-6-3-4-7-18(17)16-29/h3-4,6-7,9-10,14H,2,5,8,11-13,15-16H2,1H3,(H2,26,27,28). The fourth-order valence-corrected chi connectivity index (χ4v) is 3.48. The zero-order chi connectivity index (χ0) is 21.3. The van der Waals surface area contributed by atoms with Crippen molar-refractivity contribution in [2.75, 3.05) is 19.6 Å². The van der Waals surface area contributed by atoms with Crippen LogP contribution in [0, 0.1) is 11.6 Å². The van der Waals surface area contributed by atoms with Crippen molar-refractivity contribution in [1.29, 1.82) is 0 Å². The molecular formula is C23H28F2N4O. The van der Waals surface area contributed by atoms with E-state index >= 15 is 0 Å². The highest BCUT2D eigenvalue weighted by Gasteiger charge is 2.19. The smallest absolute Gasteiger partial charge is 0.222 e. The minimum absolute atomic E-state index is 0.0328. The topological polar surface area (TPSA) is 56.7 Å². The number of aliphatic imine (C=N–C) groups is 1. The highest BCUT2D eigenvalue weighted by atomic mass is 19.1. The van der Waals surface area contributed by atoms with Gasteiger partial charge in [-0.3, -0.25) is 4.79 Å². The number of amides is 1. The Morgan fingerprint density at radius 1 is 1.13 bits per heavy atom. The van der Waals surface area contributed by atoms with E-state index in [0.717, 1.165) is 31.2 Å². The Hall–Kier alpha value is -2.96. The Morgan fingerprint density at radius 3 is 2.73 bits per heavy atom. The molecular weight excluding hydrogens is 386 g/mol. The van der Waals surface area contributed by atoms with Crippen molar-refractivity contribution in [2.45, 2.75) is 39.3 Å². The van der Waals surface area contributed by atoms with E-state index in [1.54, 1.807) is 0 Å². The highest BCUT2D eigenvalue weighted by Crippen LogP contribution is 2.19. The van der Waals surface area contributed by atoms with E-state index in [-0.39, 0.29) is 18.0 Å². The van der Waals surface area contributed by atoms with Crippen LogP contribution in [0.3, 0.4) is 0 Å². The number of benzene rings is 2. The summed E-state index contributed by atoms with van der Waals surface area (Å²) in [7, 11) is 0. The minimum atomic E-state index is -0.488. The first-order valence-electron chi connectivity index (χ1n) is 10.4. The van der Waals surface area contributed by atoms with Crippen molar-refractivity contribution in [2.24, 2.45) is 4.99 Å². The van der Waals surface area contributed by atoms with Gasteiger partial charge < -0.3 is 15.5 Å². The second-order valence-corrected chi connectivity index (χ2v) is 7.30. The lowest BCUT2D eigenvalue weighted by Gasteiger charge is -2.29. The van der Waals surface area contributed by atoms with Gasteiger partial charge in [0.25, 0.3) is 0 Å². The molecule has 0 saturated carbocycles. The highest BCUT2D eigenvalue weighted by molar-refractivity contribution is 5.80. The molecule has 1 aliphatic heterocycles. The van der Waals surface area contributed by atoms with Crippen LogP contribution in [0.2, 0.25) is 0 Å². The maximum atomic E-state index is 13.8. The first-order valence-corrected chi connectivity index (χ1v) is 10.4. The van der Waals surface area contributed by atoms with Gasteiger partial charge in [0.05, 0.1) is 6.54 Å². The molecule has 1 amide bonds. The number of carbonyl (C=O) groups is 1. The maximum absolute atomic E-state index is 13.8. The van der Waals surface area contributed by atoms with Gasteiger partial charge in [-0.2, -0.15) is 0 Å². The first-order chi connectivity index (χ1) is 14.6. The number of halogens is 2. The molecule has 0 unspecified atom stereocenters. The number of fused-ring (bicyclic) bond motifs is 1. The van der Waals surface area contributed by atoms with Gasteiger partial charge in [-0.05, 0) is 49.1 Å². The lowest BCUT2D eigenvalue weighted by molar-refractivity contribution is -0.132. The Labute approximate surface area is 176 Å². The fourth-order valence-electron chi connectivity index (χ4n) is 3.48. The van der Waals surface area contributed by atoms with E-state index in [2.05, 4.69) is 27.8 Å². The molecule has 3 rings (SSSR count). The second-order valence-electron chi connectivity index (χ2n) is 7.30. The van der Waals surface area contributed by atoms with Crippen molar-refractivity contribution in [1.82, 2.24) is 15.5 Å². The Balaban J connectivity index is 1.45. The van der Waals surface area contributed by atoms with E-state index < -0.39 is 11.6 Å². The summed E-state index contributed by atoms with van der Waals surface area (Å²) in [5, 5.41) is 6.23. The molecule has 0 radical (unpaired) electrons. The molecule has 2 N–H and O–H groups in total. The molecule has 0 bridgehead atoms. The maximum Gasteiger partial charge on any atom is 0.222 e. The summed E-state index contributed by atoms with van der Waals surface area (Å²) in [5.41, 5.74) is 2.75. The Bertz CT molecular complexity index is 901. The molecule has 0 atom stereocenters. The molecule has 0 aliphatic carbocycles. The van der Waals surface area contributed by atoms with Crippen LogP contribution in [-0.4, -0.2) is 36.4 Å². The van der Waals surface area contributed by atoms with Crippen LogP contribution in [0.25, 0.3) is 0 Å². The molecule has 2 aromatic carbocycles. The van der Waals surface area contributed by atoms with Crippen LogP contribution >= 0.6 is 0 Å². The zero-order valence-electron chi connectivity index (χ0n) is 17.3. The normalized spacial score (nSPS) is 13.7. The number of nitrogens with one attached hydrogen (secondary N) is 2. The monoisotopic (exact) mass is 414 g/mol. The van der Waals surface area contributed by atoms with E-state index in [9.17, 15) is 13.6 Å². The molecule has 2 aromatic rings. The number of nitrogens with zero attached hydrogens (tertiary/aromatic N) is 2. The lowest BCUT2D eigenvalue weighted by Crippen LogP contribution is -2.39. The van der Waals surface area contributed by atoms with Crippen molar-refractivity contribution in [3.05, 3.63) is 70.8 Å². The minimum Gasteiger partial charge on any atom is -0.357 e. The van der Waals surface area contributed by atoms with Gasteiger partial charge in [-0.25, -0.2) is 13.8 Å². The molecule has 0 saturated heterocycles. The molecule has 1 heterocycles. The Morgan fingerprint density at radius 2 is 1.93 bits per heavy atom. The van der Waals surface area contributed by atoms with Crippen LogP contribution in [0.5, 0.6) is 0 Å². The Kier molecular flexibility index (Phi) is 7.76. The molecule has 30 heavy (non-hydrogen) atoms. The van der Waals surface area contributed by atoms with Crippen molar-refractivity contribution >= 4 is 11.9 Å². The van der Waals surface area contributed by atoms with E-state index in [1.807, 2.05) is 24.0 Å². The average molecular weight is 415 g/mol. The van der Waals surface area contributed by atoms with Gasteiger partial charge in [-0.15, -0.1) is 0 Å². The van der Waals surface area contributed by atoms with Crippen molar-refractivity contribution in [3.63, 3.8) is 0 Å². The number of guanidine groups is 1. The molecule has 5 nitrogen and oxygen atoms in total. The number of carbonyl (C=O) groups excluding carboxylic acids is 1. The summed E-state index contributed by atoms with van der Waals surface area (Å²) in [5.74, 6) is -0.307. The molecule has 1 aliphatic rings. The lowest BCUT2D eigenvalue weighted by atomic mass is 9.99. The third-order valence-electron chi connectivity index (χ3n) is 5.10. The quantitative estimate of drug-likeness (QED) is 0.415. The van der Waals surface area contributed by atoms with Gasteiger partial charge in [0.2, 0.25) is 5.91 Å². The van der Waals surface area contributed by atoms with E-state index in [0.29, 0.717) is 38.4 Å². The molecule has 0 aromatic heterocycles. The fraction of sp³-hybridized carbons (Fsp3) is 0.391. The largest absolute Gasteiger partial charge is 0.357 e. The molecule has 0 spiro atoms. The third-order valence-corrected chi connectivity index (χ3v) is 5.10. The van der Waals surface area contributed by atoms with Gasteiger partial charge in [0.1, 0.15) is 11.6 Å². The van der Waals surface area contributed by atoms with Gasteiger partial charge in [0, 0.05) is 38.2 Å². The van der Waals surface area contributed by atoms with E-state index in [1.165, 1.54) is 11.1 Å². The summed E-state index contributed by atoms with van der Waals surface area (Å²) in [6.45, 7) is 4.60. The summed E-state index contributed by atoms with van der Waals surface area (Å²) in [6, 6.07) is 11.6. The second kappa shape index (κ2) is 10.7. The van der Waals surface area contributed by atoms with Gasteiger partial charge in [0.15, 0.2) is 5.96 Å². The summed E-state index contributed by atoms with van der Waals surface area (Å²) >= 11 is 0. The van der Waals surface area contributed by atoms with Crippen molar-refractivity contribution < 1.29 is 13.6 Å². The molecule has 160 valence electrons. The van der Waals surface area contributed by atoms with Crippen LogP contribution < -0.4 is 10.6 Å². The zero-order valence-corrected chi connectivity index (χ0v) is 17.3. The van der Waals surface area contributed by atoms with E-state index in [4.69, 9.17) is 0 Å². The molecule has 0 fully saturated rings. The number of rotatable bonds is 7. The number of hydrogen-bond acceptors (Lipinski definition) is 2. The first kappa shape index (κ1) is 21.7. The number of hydrogen-bond donors (Lipinski definition) is 2. The third kappa shape index (κ3) is 6.02. The summed E-state index contributed by atoms with van der Waals surface area (Å²) in [6.07, 6.45) is 2.01. The SMILES string of the molecule is CCNC(=NCc1cc(F)ccc1F)NCCCC(=O)N1CCc2ccccc2C1. The van der Waals surface area contributed by atoms with Crippen LogP contribution in [0.1, 0.15) is 36.5 Å².